The van der Waals surface area contributed by atoms with Gasteiger partial charge >= 0.3 is 10.4 Å². The van der Waals surface area contributed by atoms with Crippen molar-refractivity contribution >= 4 is 23.0 Å². The standard InChI is InChI=1S/C18H18O6S/c19-13-1-3-15-5-9-17(10-6-15)23-25(21,22)24-18-11-7-16(8-12-18)4-2-14-20/h5-14H,1-4H2. The molecule has 0 atom stereocenters. The van der Waals surface area contributed by atoms with Crippen molar-refractivity contribution in [3.63, 3.8) is 0 Å². The van der Waals surface area contributed by atoms with Gasteiger partial charge in [-0.1, -0.05) is 24.3 Å². The molecule has 0 aromatic heterocycles. The average Bonchev–Trinajstić information content (AvgIpc) is 2.60. The molecule has 0 amide bonds. The molecule has 0 aliphatic rings. The second-order valence-corrected chi connectivity index (χ2v) is 6.42. The van der Waals surface area contributed by atoms with Crippen molar-refractivity contribution in [3.05, 3.63) is 59.7 Å². The lowest BCUT2D eigenvalue weighted by molar-refractivity contribution is -0.108. The number of benzene rings is 2. The zero-order valence-electron chi connectivity index (χ0n) is 13.5. The summed E-state index contributed by atoms with van der Waals surface area (Å²) in [6.07, 6.45) is 3.64. The molecule has 2 aromatic rings. The number of aldehydes is 2. The summed E-state index contributed by atoms with van der Waals surface area (Å²) in [5, 5.41) is 0. The van der Waals surface area contributed by atoms with E-state index < -0.39 is 10.4 Å². The molecular formula is C18H18O6S. The summed E-state index contributed by atoms with van der Waals surface area (Å²) in [5.41, 5.74) is 1.81. The summed E-state index contributed by atoms with van der Waals surface area (Å²) in [5.74, 6) is 0.245. The van der Waals surface area contributed by atoms with Gasteiger partial charge in [0.05, 0.1) is 0 Å². The quantitative estimate of drug-likeness (QED) is 0.604. The maximum atomic E-state index is 11.9. The van der Waals surface area contributed by atoms with E-state index in [0.29, 0.717) is 25.7 Å². The number of carbonyl (C=O) groups excluding carboxylic acids is 2. The molecule has 25 heavy (non-hydrogen) atoms. The third-order valence-corrected chi connectivity index (χ3v) is 4.14. The monoisotopic (exact) mass is 362 g/mol. The molecule has 0 saturated carbocycles. The fourth-order valence-electron chi connectivity index (χ4n) is 2.13. The molecule has 7 heteroatoms. The van der Waals surface area contributed by atoms with Crippen molar-refractivity contribution in [2.24, 2.45) is 0 Å². The minimum absolute atomic E-state index is 0.123. The largest absolute Gasteiger partial charge is 0.500 e. The summed E-state index contributed by atoms with van der Waals surface area (Å²) in [6.45, 7) is 0. The van der Waals surface area contributed by atoms with Gasteiger partial charge < -0.3 is 18.0 Å². The molecule has 0 radical (unpaired) electrons. The first kappa shape index (κ1) is 18.7. The van der Waals surface area contributed by atoms with Gasteiger partial charge in [-0.05, 0) is 48.2 Å². The Morgan fingerprint density at radius 1 is 0.680 bits per heavy atom. The second-order valence-electron chi connectivity index (χ2n) is 5.27. The van der Waals surface area contributed by atoms with Crippen molar-refractivity contribution in [1.82, 2.24) is 0 Å². The molecule has 2 aromatic carbocycles. The minimum Gasteiger partial charge on any atom is -0.353 e. The van der Waals surface area contributed by atoms with Gasteiger partial charge in [0.25, 0.3) is 0 Å². The van der Waals surface area contributed by atoms with Crippen molar-refractivity contribution in [3.8, 4) is 11.5 Å². The molecule has 132 valence electrons. The van der Waals surface area contributed by atoms with Crippen molar-refractivity contribution in [2.75, 3.05) is 0 Å². The number of hydrogen-bond acceptors (Lipinski definition) is 6. The van der Waals surface area contributed by atoms with Gasteiger partial charge in [-0.2, -0.15) is 0 Å². The van der Waals surface area contributed by atoms with Crippen LogP contribution >= 0.6 is 0 Å². The van der Waals surface area contributed by atoms with Crippen LogP contribution in [0.2, 0.25) is 0 Å². The Labute approximate surface area is 146 Å². The highest BCUT2D eigenvalue weighted by Crippen LogP contribution is 2.19. The van der Waals surface area contributed by atoms with Crippen molar-refractivity contribution < 1.29 is 26.4 Å². The van der Waals surface area contributed by atoms with Crippen LogP contribution in [0, 0.1) is 0 Å². The lowest BCUT2D eigenvalue weighted by Crippen LogP contribution is -2.16. The van der Waals surface area contributed by atoms with E-state index in [1.165, 1.54) is 24.3 Å². The molecule has 0 aliphatic heterocycles. The van der Waals surface area contributed by atoms with Gasteiger partial charge in [-0.3, -0.25) is 0 Å². The van der Waals surface area contributed by atoms with E-state index in [1.807, 2.05) is 0 Å². The first-order valence-corrected chi connectivity index (χ1v) is 9.05. The van der Waals surface area contributed by atoms with Crippen LogP contribution in [-0.4, -0.2) is 21.0 Å². The highest BCUT2D eigenvalue weighted by molar-refractivity contribution is 7.82. The van der Waals surface area contributed by atoms with E-state index in [9.17, 15) is 18.0 Å². The molecule has 0 N–H and O–H groups in total. The molecule has 0 bridgehead atoms. The molecule has 0 fully saturated rings. The maximum absolute atomic E-state index is 11.9. The second kappa shape index (κ2) is 8.98. The highest BCUT2D eigenvalue weighted by atomic mass is 32.3. The van der Waals surface area contributed by atoms with Gasteiger partial charge in [0, 0.05) is 12.8 Å². The molecule has 0 saturated heterocycles. The van der Waals surface area contributed by atoms with Crippen LogP contribution in [-0.2, 0) is 32.8 Å². The number of carbonyl (C=O) groups is 2. The summed E-state index contributed by atoms with van der Waals surface area (Å²) >= 11 is 0. The predicted molar refractivity (Wildman–Crippen MR) is 91.8 cm³/mol. The third-order valence-electron chi connectivity index (χ3n) is 3.35. The molecule has 0 unspecified atom stereocenters. The van der Waals surface area contributed by atoms with Crippen LogP contribution in [0.3, 0.4) is 0 Å². The Morgan fingerprint density at radius 2 is 1.04 bits per heavy atom. The van der Waals surface area contributed by atoms with Gasteiger partial charge in [-0.25, -0.2) is 0 Å². The van der Waals surface area contributed by atoms with Crippen LogP contribution in [0.5, 0.6) is 11.5 Å². The van der Waals surface area contributed by atoms with E-state index in [-0.39, 0.29) is 11.5 Å². The van der Waals surface area contributed by atoms with Crippen LogP contribution in [0.1, 0.15) is 24.0 Å². The third kappa shape index (κ3) is 6.39. The van der Waals surface area contributed by atoms with Gasteiger partial charge in [0.1, 0.15) is 24.1 Å². The smallest absolute Gasteiger partial charge is 0.353 e. The molecule has 2 rings (SSSR count). The summed E-state index contributed by atoms with van der Waals surface area (Å²) in [7, 11) is -4.26. The Balaban J connectivity index is 1.96. The topological polar surface area (TPSA) is 86.7 Å². The maximum Gasteiger partial charge on any atom is 0.500 e. The number of rotatable bonds is 10. The summed E-state index contributed by atoms with van der Waals surface area (Å²) in [4.78, 5) is 20.7. The van der Waals surface area contributed by atoms with E-state index >= 15 is 0 Å². The molecule has 0 heterocycles. The van der Waals surface area contributed by atoms with E-state index in [0.717, 1.165) is 23.7 Å². The normalized spacial score (nSPS) is 10.9. The SMILES string of the molecule is O=CCCc1ccc(OS(=O)(=O)Oc2ccc(CCC=O)cc2)cc1. The number of hydrogen-bond donors (Lipinski definition) is 0. The van der Waals surface area contributed by atoms with Gasteiger partial charge in [0.2, 0.25) is 0 Å². The molecular weight excluding hydrogens is 344 g/mol. The van der Waals surface area contributed by atoms with Crippen LogP contribution < -0.4 is 8.37 Å². The fourth-order valence-corrected chi connectivity index (χ4v) is 2.85. The first-order valence-electron chi connectivity index (χ1n) is 7.71. The average molecular weight is 362 g/mol. The van der Waals surface area contributed by atoms with Crippen molar-refractivity contribution in [2.45, 2.75) is 25.7 Å². The Kier molecular flexibility index (Phi) is 6.71. The molecule has 0 aliphatic carbocycles. The fraction of sp³-hybridized carbons (Fsp3) is 0.222. The van der Waals surface area contributed by atoms with Crippen LogP contribution in [0.25, 0.3) is 0 Å². The van der Waals surface area contributed by atoms with Crippen LogP contribution in [0.4, 0.5) is 0 Å². The lowest BCUT2D eigenvalue weighted by Gasteiger charge is -2.09. The highest BCUT2D eigenvalue weighted by Gasteiger charge is 2.15. The zero-order chi connectivity index (χ0) is 18.1. The summed E-state index contributed by atoms with van der Waals surface area (Å²) in [6, 6.07) is 12.8. The Morgan fingerprint density at radius 3 is 1.36 bits per heavy atom. The zero-order valence-corrected chi connectivity index (χ0v) is 14.3. The minimum atomic E-state index is -4.26. The van der Waals surface area contributed by atoms with E-state index in [1.54, 1.807) is 24.3 Å². The van der Waals surface area contributed by atoms with E-state index in [2.05, 4.69) is 0 Å². The number of aryl methyl sites for hydroxylation is 2. The Bertz CT molecular complexity index is 731. The van der Waals surface area contributed by atoms with Crippen molar-refractivity contribution in [1.29, 1.82) is 0 Å². The first-order chi connectivity index (χ1) is 12.0. The summed E-state index contributed by atoms with van der Waals surface area (Å²) < 4.78 is 33.7. The van der Waals surface area contributed by atoms with Gasteiger partial charge in [0.15, 0.2) is 0 Å². The predicted octanol–water partition coefficient (Wildman–Crippen LogP) is 2.65. The molecule has 6 nitrogen and oxygen atoms in total. The van der Waals surface area contributed by atoms with Gasteiger partial charge in [-0.15, -0.1) is 8.42 Å². The van der Waals surface area contributed by atoms with E-state index in [4.69, 9.17) is 8.37 Å². The molecule has 0 spiro atoms. The Hall–Kier alpha value is -2.67. The van der Waals surface area contributed by atoms with Crippen LogP contribution in [0.15, 0.2) is 48.5 Å². The lowest BCUT2D eigenvalue weighted by atomic mass is 10.1.